The Morgan fingerprint density at radius 3 is 2.50 bits per heavy atom. The number of halogens is 2. The Morgan fingerprint density at radius 1 is 1.12 bits per heavy atom. The smallest absolute Gasteiger partial charge is 0.129 e. The minimum Gasteiger partial charge on any atom is -0.257 e. The van der Waals surface area contributed by atoms with Crippen molar-refractivity contribution in [3.63, 3.8) is 0 Å². The van der Waals surface area contributed by atoms with Gasteiger partial charge in [0.1, 0.15) is 9.21 Å². The summed E-state index contributed by atoms with van der Waals surface area (Å²) in [4.78, 5) is 0. The summed E-state index contributed by atoms with van der Waals surface area (Å²) in [6.07, 6.45) is 2.18. The maximum Gasteiger partial charge on any atom is 0.129 e. The number of aromatic nitrogens is 2. The van der Waals surface area contributed by atoms with E-state index in [0.29, 0.717) is 0 Å². The Hall–Kier alpha value is -0.610. The van der Waals surface area contributed by atoms with Crippen LogP contribution in [0, 0.1) is 0 Å². The highest BCUT2D eigenvalue weighted by Crippen LogP contribution is 2.17. The molecule has 2 nitrogen and oxygen atoms in total. The van der Waals surface area contributed by atoms with Crippen molar-refractivity contribution in [2.24, 2.45) is 0 Å². The maximum atomic E-state index is 4.33. The maximum absolute atomic E-state index is 4.33. The van der Waals surface area contributed by atoms with Gasteiger partial charge in [-0.05, 0) is 50.3 Å². The number of rotatable bonds is 4. The van der Waals surface area contributed by atoms with Crippen molar-refractivity contribution in [2.75, 3.05) is 0 Å². The molecule has 1 aromatic carbocycles. The molecule has 0 aliphatic heterocycles. The van der Waals surface area contributed by atoms with Crippen LogP contribution in [0.3, 0.4) is 0 Å². The van der Waals surface area contributed by atoms with Gasteiger partial charge in [0.2, 0.25) is 0 Å². The van der Waals surface area contributed by atoms with Crippen molar-refractivity contribution in [3.8, 4) is 0 Å². The van der Waals surface area contributed by atoms with Crippen LogP contribution in [-0.2, 0) is 13.0 Å². The van der Waals surface area contributed by atoms with Crippen LogP contribution in [0.25, 0.3) is 0 Å². The highest BCUT2D eigenvalue weighted by atomic mass is 79.9. The second-order valence-corrected chi connectivity index (χ2v) is 5.23. The van der Waals surface area contributed by atoms with E-state index in [9.17, 15) is 0 Å². The molecule has 0 saturated carbocycles. The van der Waals surface area contributed by atoms with E-state index in [4.69, 9.17) is 0 Å². The number of nitrogens with zero attached hydrogens (tertiary/aromatic N) is 2. The molecule has 2 aromatic rings. The van der Waals surface area contributed by atoms with Crippen LogP contribution in [0.5, 0.6) is 0 Å². The zero-order chi connectivity index (χ0) is 11.4. The molecule has 0 aliphatic carbocycles. The van der Waals surface area contributed by atoms with Crippen molar-refractivity contribution < 1.29 is 0 Å². The summed E-state index contributed by atoms with van der Waals surface area (Å²) in [5, 5.41) is 4.33. The van der Waals surface area contributed by atoms with E-state index in [2.05, 4.69) is 61.2 Å². The quantitative estimate of drug-likeness (QED) is 0.819. The minimum absolute atomic E-state index is 0.874. The standard InChI is InChI=1S/C12H12Br2N2/c13-11-9-12(14)16(15-11)8-4-7-10-5-2-1-3-6-10/h1-3,5-6,9H,4,7-8H2. The highest BCUT2D eigenvalue weighted by Gasteiger charge is 2.02. The molecule has 4 heteroatoms. The molecule has 16 heavy (non-hydrogen) atoms. The van der Waals surface area contributed by atoms with Crippen LogP contribution in [0.4, 0.5) is 0 Å². The first-order valence-corrected chi connectivity index (χ1v) is 6.77. The second kappa shape index (κ2) is 5.64. The fourth-order valence-electron chi connectivity index (χ4n) is 1.60. The summed E-state index contributed by atoms with van der Waals surface area (Å²) in [5.41, 5.74) is 1.38. The van der Waals surface area contributed by atoms with Crippen LogP contribution >= 0.6 is 31.9 Å². The van der Waals surface area contributed by atoms with Crippen LogP contribution < -0.4 is 0 Å². The zero-order valence-electron chi connectivity index (χ0n) is 8.74. The number of benzene rings is 1. The van der Waals surface area contributed by atoms with Crippen molar-refractivity contribution in [3.05, 3.63) is 51.2 Å². The van der Waals surface area contributed by atoms with Gasteiger partial charge >= 0.3 is 0 Å². The summed E-state index contributed by atoms with van der Waals surface area (Å²) >= 11 is 6.83. The monoisotopic (exact) mass is 342 g/mol. The Balaban J connectivity index is 1.87. The Morgan fingerprint density at radius 2 is 1.88 bits per heavy atom. The van der Waals surface area contributed by atoms with Gasteiger partial charge in [-0.3, -0.25) is 4.68 Å². The van der Waals surface area contributed by atoms with E-state index < -0.39 is 0 Å². The van der Waals surface area contributed by atoms with Gasteiger partial charge in [-0.25, -0.2) is 0 Å². The first kappa shape index (κ1) is 11.9. The van der Waals surface area contributed by atoms with E-state index in [0.717, 1.165) is 28.6 Å². The molecule has 0 spiro atoms. The number of hydrogen-bond acceptors (Lipinski definition) is 1. The summed E-state index contributed by atoms with van der Waals surface area (Å²) in [6, 6.07) is 12.5. The molecule has 0 N–H and O–H groups in total. The van der Waals surface area contributed by atoms with Gasteiger partial charge in [-0.1, -0.05) is 30.3 Å². The predicted molar refractivity (Wildman–Crippen MR) is 72.4 cm³/mol. The van der Waals surface area contributed by atoms with Crippen molar-refractivity contribution in [2.45, 2.75) is 19.4 Å². The lowest BCUT2D eigenvalue weighted by Gasteiger charge is -2.03. The molecule has 0 saturated heterocycles. The van der Waals surface area contributed by atoms with Crippen molar-refractivity contribution >= 4 is 31.9 Å². The lowest BCUT2D eigenvalue weighted by Crippen LogP contribution is -2.01. The van der Waals surface area contributed by atoms with E-state index >= 15 is 0 Å². The number of aryl methyl sites for hydroxylation is 2. The topological polar surface area (TPSA) is 17.8 Å². The van der Waals surface area contributed by atoms with Gasteiger partial charge in [-0.2, -0.15) is 5.10 Å². The summed E-state index contributed by atoms with van der Waals surface area (Å²) in [5.74, 6) is 0. The highest BCUT2D eigenvalue weighted by molar-refractivity contribution is 9.11. The van der Waals surface area contributed by atoms with Crippen LogP contribution in [0.15, 0.2) is 45.6 Å². The predicted octanol–water partition coefficient (Wildman–Crippen LogP) is 4.04. The van der Waals surface area contributed by atoms with Crippen molar-refractivity contribution in [1.82, 2.24) is 9.78 Å². The van der Waals surface area contributed by atoms with Gasteiger partial charge in [-0.15, -0.1) is 0 Å². The molecule has 1 aromatic heterocycles. The molecule has 0 bridgehead atoms. The summed E-state index contributed by atoms with van der Waals surface area (Å²) < 4.78 is 3.86. The lowest BCUT2D eigenvalue weighted by atomic mass is 10.1. The molecule has 84 valence electrons. The Bertz CT molecular complexity index is 451. The third kappa shape index (κ3) is 3.19. The van der Waals surface area contributed by atoms with E-state index in [1.807, 2.05) is 16.8 Å². The van der Waals surface area contributed by atoms with E-state index in [1.165, 1.54) is 5.56 Å². The molecule has 1 heterocycles. The first-order chi connectivity index (χ1) is 7.75. The molecule has 0 unspecified atom stereocenters. The van der Waals surface area contributed by atoms with E-state index in [-0.39, 0.29) is 0 Å². The molecule has 0 amide bonds. The molecule has 0 atom stereocenters. The van der Waals surface area contributed by atoms with Gasteiger partial charge < -0.3 is 0 Å². The van der Waals surface area contributed by atoms with Gasteiger partial charge in [0.05, 0.1) is 0 Å². The summed E-state index contributed by atoms with van der Waals surface area (Å²) in [7, 11) is 0. The van der Waals surface area contributed by atoms with E-state index in [1.54, 1.807) is 0 Å². The second-order valence-electron chi connectivity index (χ2n) is 3.60. The number of hydrogen-bond donors (Lipinski definition) is 0. The van der Waals surface area contributed by atoms with Crippen LogP contribution in [0.1, 0.15) is 12.0 Å². The third-order valence-electron chi connectivity index (χ3n) is 2.38. The Labute approximate surface area is 112 Å². The molecular weight excluding hydrogens is 332 g/mol. The third-order valence-corrected chi connectivity index (χ3v) is 3.41. The molecular formula is C12H12Br2N2. The molecule has 0 aliphatic rings. The van der Waals surface area contributed by atoms with Gasteiger partial charge in [0.15, 0.2) is 0 Å². The fraction of sp³-hybridized carbons (Fsp3) is 0.250. The van der Waals surface area contributed by atoms with Gasteiger partial charge in [0.25, 0.3) is 0 Å². The fourth-order valence-corrected chi connectivity index (χ4v) is 2.79. The largest absolute Gasteiger partial charge is 0.257 e. The lowest BCUT2D eigenvalue weighted by molar-refractivity contribution is 0.566. The van der Waals surface area contributed by atoms with Gasteiger partial charge in [0, 0.05) is 12.6 Å². The molecule has 0 radical (unpaired) electrons. The molecule has 0 fully saturated rings. The normalized spacial score (nSPS) is 10.6. The average Bonchev–Trinajstić information content (AvgIpc) is 2.59. The zero-order valence-corrected chi connectivity index (χ0v) is 11.9. The first-order valence-electron chi connectivity index (χ1n) is 5.18. The van der Waals surface area contributed by atoms with Crippen LogP contribution in [-0.4, -0.2) is 9.78 Å². The summed E-state index contributed by atoms with van der Waals surface area (Å²) in [6.45, 7) is 0.932. The Kier molecular flexibility index (Phi) is 4.18. The molecule has 2 rings (SSSR count). The SMILES string of the molecule is Brc1cc(Br)n(CCCc2ccccc2)n1. The van der Waals surface area contributed by atoms with Crippen molar-refractivity contribution in [1.29, 1.82) is 0 Å². The van der Waals surface area contributed by atoms with Crippen LogP contribution in [0.2, 0.25) is 0 Å². The minimum atomic E-state index is 0.874. The average molecular weight is 344 g/mol.